The van der Waals surface area contributed by atoms with Gasteiger partial charge in [0.15, 0.2) is 0 Å². The smallest absolute Gasteiger partial charge is 0.324 e. The van der Waals surface area contributed by atoms with Crippen molar-refractivity contribution in [3.05, 3.63) is 77.1 Å². The molecule has 0 saturated heterocycles. The van der Waals surface area contributed by atoms with Gasteiger partial charge >= 0.3 is 6.18 Å². The second-order valence-electron chi connectivity index (χ2n) is 6.27. The van der Waals surface area contributed by atoms with Gasteiger partial charge in [-0.3, -0.25) is 4.79 Å². The van der Waals surface area contributed by atoms with Gasteiger partial charge in [-0.2, -0.15) is 13.2 Å². The molecule has 1 amide bonds. The van der Waals surface area contributed by atoms with Gasteiger partial charge in [0.2, 0.25) is 5.95 Å². The molecule has 2 aromatic carbocycles. The lowest BCUT2D eigenvalue weighted by atomic mass is 10.1. The van der Waals surface area contributed by atoms with Crippen molar-refractivity contribution < 1.29 is 18.0 Å². The maximum atomic E-state index is 12.8. The second-order valence-corrected chi connectivity index (χ2v) is 6.27. The number of hydrogen-bond acceptors (Lipinski definition) is 4. The van der Waals surface area contributed by atoms with Crippen molar-refractivity contribution in [1.82, 2.24) is 9.97 Å². The zero-order valence-corrected chi connectivity index (χ0v) is 15.1. The van der Waals surface area contributed by atoms with E-state index < -0.39 is 11.7 Å². The van der Waals surface area contributed by atoms with Gasteiger partial charge in [0.05, 0.1) is 11.1 Å². The summed E-state index contributed by atoms with van der Waals surface area (Å²) in [4.78, 5) is 20.3. The molecule has 1 heterocycles. The van der Waals surface area contributed by atoms with E-state index in [4.69, 9.17) is 0 Å². The second kappa shape index (κ2) is 7.67. The van der Waals surface area contributed by atoms with Crippen LogP contribution in [-0.4, -0.2) is 15.9 Å². The fourth-order valence-electron chi connectivity index (χ4n) is 2.56. The van der Waals surface area contributed by atoms with Gasteiger partial charge in [-0.05, 0) is 43.7 Å². The summed E-state index contributed by atoms with van der Waals surface area (Å²) in [6, 6.07) is 10.4. The van der Waals surface area contributed by atoms with Crippen LogP contribution in [0.1, 0.15) is 27.0 Å². The normalized spacial score (nSPS) is 11.2. The molecule has 0 aliphatic heterocycles. The Morgan fingerprint density at radius 2 is 1.71 bits per heavy atom. The molecule has 0 radical (unpaired) electrons. The van der Waals surface area contributed by atoms with E-state index in [1.807, 2.05) is 32.0 Å². The van der Waals surface area contributed by atoms with Gasteiger partial charge in [0.1, 0.15) is 0 Å². The molecule has 0 aliphatic rings. The van der Waals surface area contributed by atoms with Crippen LogP contribution in [-0.2, 0) is 6.18 Å². The average molecular weight is 386 g/mol. The number of benzene rings is 2. The Balaban J connectivity index is 1.70. The molecule has 0 fully saturated rings. The first kappa shape index (κ1) is 19.3. The molecule has 0 aliphatic carbocycles. The number of carbonyl (C=O) groups is 1. The van der Waals surface area contributed by atoms with Crippen molar-refractivity contribution in [2.24, 2.45) is 0 Å². The van der Waals surface area contributed by atoms with E-state index in [9.17, 15) is 18.0 Å². The van der Waals surface area contributed by atoms with Crippen LogP contribution in [0.15, 0.2) is 54.9 Å². The third-order valence-electron chi connectivity index (χ3n) is 3.99. The van der Waals surface area contributed by atoms with Crippen LogP contribution in [0, 0.1) is 13.8 Å². The summed E-state index contributed by atoms with van der Waals surface area (Å²) < 4.78 is 38.3. The summed E-state index contributed by atoms with van der Waals surface area (Å²) >= 11 is 0. The van der Waals surface area contributed by atoms with Gasteiger partial charge in [0, 0.05) is 23.8 Å². The largest absolute Gasteiger partial charge is 0.416 e. The summed E-state index contributed by atoms with van der Waals surface area (Å²) in [5.74, 6) is -0.292. The molecule has 0 saturated carbocycles. The molecule has 2 N–H and O–H groups in total. The molecule has 144 valence electrons. The number of alkyl halides is 3. The minimum atomic E-state index is -4.44. The third kappa shape index (κ3) is 4.64. The number of carbonyl (C=O) groups excluding carboxylic acids is 1. The molecule has 0 spiro atoms. The summed E-state index contributed by atoms with van der Waals surface area (Å²) in [7, 11) is 0. The maximum Gasteiger partial charge on any atom is 0.416 e. The van der Waals surface area contributed by atoms with Crippen LogP contribution in [0.5, 0.6) is 0 Å². The number of anilines is 3. The first-order valence-electron chi connectivity index (χ1n) is 8.37. The van der Waals surface area contributed by atoms with Gasteiger partial charge in [-0.15, -0.1) is 0 Å². The van der Waals surface area contributed by atoms with Crippen molar-refractivity contribution in [2.75, 3.05) is 10.6 Å². The highest BCUT2D eigenvalue weighted by atomic mass is 19.4. The zero-order valence-electron chi connectivity index (χ0n) is 15.1. The topological polar surface area (TPSA) is 66.9 Å². The van der Waals surface area contributed by atoms with E-state index in [-0.39, 0.29) is 23.1 Å². The molecular formula is C20H17F3N4O. The number of amides is 1. The highest BCUT2D eigenvalue weighted by Gasteiger charge is 2.30. The SMILES string of the molecule is Cc1ccc(NC(=O)c2cnc(Nc3cccc(C(F)(F)F)c3)nc2)c(C)c1. The Labute approximate surface area is 159 Å². The Hall–Kier alpha value is -3.42. The minimum Gasteiger partial charge on any atom is -0.324 e. The van der Waals surface area contributed by atoms with Crippen molar-refractivity contribution in [3.63, 3.8) is 0 Å². The molecule has 3 rings (SSSR count). The standard InChI is InChI=1S/C20H17F3N4O/c1-12-6-7-17(13(2)8-12)27-18(28)14-10-24-19(25-11-14)26-16-5-3-4-15(9-16)20(21,22)23/h3-11H,1-2H3,(H,27,28)(H,24,25,26). The average Bonchev–Trinajstić information content (AvgIpc) is 2.64. The molecule has 8 heteroatoms. The van der Waals surface area contributed by atoms with Crippen LogP contribution in [0.2, 0.25) is 0 Å². The van der Waals surface area contributed by atoms with Gasteiger partial charge < -0.3 is 10.6 Å². The lowest BCUT2D eigenvalue weighted by Gasteiger charge is -2.10. The number of aryl methyl sites for hydroxylation is 2. The maximum absolute atomic E-state index is 12.8. The summed E-state index contributed by atoms with van der Waals surface area (Å²) in [5.41, 5.74) is 2.35. The predicted molar refractivity (Wildman–Crippen MR) is 101 cm³/mol. The molecule has 1 aromatic heterocycles. The number of halogens is 3. The van der Waals surface area contributed by atoms with E-state index in [1.165, 1.54) is 24.5 Å². The summed E-state index contributed by atoms with van der Waals surface area (Å²) in [6.07, 6.45) is -1.82. The minimum absolute atomic E-state index is 0.0855. The van der Waals surface area contributed by atoms with Crippen LogP contribution >= 0.6 is 0 Å². The van der Waals surface area contributed by atoms with E-state index >= 15 is 0 Å². The number of aromatic nitrogens is 2. The molecule has 0 unspecified atom stereocenters. The first-order valence-corrected chi connectivity index (χ1v) is 8.37. The van der Waals surface area contributed by atoms with Crippen molar-refractivity contribution in [3.8, 4) is 0 Å². The fraction of sp³-hybridized carbons (Fsp3) is 0.150. The van der Waals surface area contributed by atoms with Crippen molar-refractivity contribution in [1.29, 1.82) is 0 Å². The number of rotatable bonds is 4. The van der Waals surface area contributed by atoms with Gasteiger partial charge in [-0.1, -0.05) is 23.8 Å². The van der Waals surface area contributed by atoms with Crippen molar-refractivity contribution in [2.45, 2.75) is 20.0 Å². The highest BCUT2D eigenvalue weighted by Crippen LogP contribution is 2.31. The fourth-order valence-corrected chi connectivity index (χ4v) is 2.56. The zero-order chi connectivity index (χ0) is 20.3. The quantitative estimate of drug-likeness (QED) is 0.654. The van der Waals surface area contributed by atoms with Crippen LogP contribution in [0.25, 0.3) is 0 Å². The lowest BCUT2D eigenvalue weighted by molar-refractivity contribution is -0.137. The number of hydrogen-bond donors (Lipinski definition) is 2. The van der Waals surface area contributed by atoms with Crippen LogP contribution in [0.4, 0.5) is 30.5 Å². The summed E-state index contributed by atoms with van der Waals surface area (Å²) in [6.45, 7) is 3.85. The lowest BCUT2D eigenvalue weighted by Crippen LogP contribution is -2.14. The molecule has 0 atom stereocenters. The molecule has 0 bridgehead atoms. The predicted octanol–water partition coefficient (Wildman–Crippen LogP) is 5.11. The molecular weight excluding hydrogens is 369 g/mol. The van der Waals surface area contributed by atoms with E-state index in [2.05, 4.69) is 20.6 Å². The third-order valence-corrected chi connectivity index (χ3v) is 3.99. The highest BCUT2D eigenvalue weighted by molar-refractivity contribution is 6.04. The first-order chi connectivity index (χ1) is 13.2. The van der Waals surface area contributed by atoms with Gasteiger partial charge in [-0.25, -0.2) is 9.97 Å². The number of nitrogens with zero attached hydrogens (tertiary/aromatic N) is 2. The number of nitrogens with one attached hydrogen (secondary N) is 2. The Kier molecular flexibility index (Phi) is 5.30. The van der Waals surface area contributed by atoms with E-state index in [1.54, 1.807) is 0 Å². The summed E-state index contributed by atoms with van der Waals surface area (Å²) in [5, 5.41) is 5.48. The monoisotopic (exact) mass is 386 g/mol. The van der Waals surface area contributed by atoms with Crippen LogP contribution < -0.4 is 10.6 Å². The molecule has 3 aromatic rings. The Bertz CT molecular complexity index is 1000. The Morgan fingerprint density at radius 3 is 2.36 bits per heavy atom. The van der Waals surface area contributed by atoms with E-state index in [0.717, 1.165) is 23.3 Å². The Morgan fingerprint density at radius 1 is 1.00 bits per heavy atom. The van der Waals surface area contributed by atoms with E-state index in [0.29, 0.717) is 5.69 Å². The molecule has 28 heavy (non-hydrogen) atoms. The molecule has 5 nitrogen and oxygen atoms in total. The van der Waals surface area contributed by atoms with Gasteiger partial charge in [0.25, 0.3) is 5.91 Å². The van der Waals surface area contributed by atoms with Crippen molar-refractivity contribution >= 4 is 23.2 Å². The van der Waals surface area contributed by atoms with Crippen LogP contribution in [0.3, 0.4) is 0 Å².